The molecule has 4 nitrogen and oxygen atoms in total. The lowest BCUT2D eigenvalue weighted by molar-refractivity contribution is -0.154. The molecule has 1 atom stereocenters. The van der Waals surface area contributed by atoms with Crippen molar-refractivity contribution in [1.29, 1.82) is 0 Å². The van der Waals surface area contributed by atoms with Crippen LogP contribution >= 0.6 is 0 Å². The van der Waals surface area contributed by atoms with Crippen molar-refractivity contribution < 1.29 is 9.53 Å². The van der Waals surface area contributed by atoms with E-state index in [0.717, 1.165) is 32.5 Å². The molecule has 2 fully saturated rings. The number of hydrogen-bond acceptors (Lipinski definition) is 3. The number of carbonyl (C=O) groups is 1. The Morgan fingerprint density at radius 2 is 2.40 bits per heavy atom. The van der Waals surface area contributed by atoms with Crippen LogP contribution in [0.3, 0.4) is 0 Å². The minimum atomic E-state index is 0.131. The smallest absolute Gasteiger partial charge is 0.249 e. The number of amides is 1. The van der Waals surface area contributed by atoms with Crippen LogP contribution in [0.15, 0.2) is 0 Å². The fourth-order valence-electron chi connectivity index (χ4n) is 2.59. The predicted octanol–water partition coefficient (Wildman–Crippen LogP) is 0.377. The number of nitrogens with zero attached hydrogens (tertiary/aromatic N) is 1. The molecule has 0 aromatic heterocycles. The average Bonchev–Trinajstić information content (AvgIpc) is 2.26. The molecule has 2 heterocycles. The molecule has 0 saturated carbocycles. The lowest BCUT2D eigenvalue weighted by Crippen LogP contribution is -2.68. The fourth-order valence-corrected chi connectivity index (χ4v) is 2.59. The molecule has 1 spiro atoms. The van der Waals surface area contributed by atoms with Gasteiger partial charge in [-0.25, -0.2) is 0 Å². The van der Waals surface area contributed by atoms with E-state index >= 15 is 0 Å². The second-order valence-electron chi connectivity index (χ2n) is 4.44. The van der Waals surface area contributed by atoms with Crippen LogP contribution in [0.5, 0.6) is 0 Å². The SMILES string of the molecule is CCOCC(=O)N1CCC12CCCNC2. The molecule has 2 aliphatic rings. The molecule has 0 bridgehead atoms. The zero-order valence-electron chi connectivity index (χ0n) is 9.42. The molecule has 0 radical (unpaired) electrons. The third kappa shape index (κ3) is 2.01. The molecule has 4 heteroatoms. The largest absolute Gasteiger partial charge is 0.372 e. The Balaban J connectivity index is 1.89. The van der Waals surface area contributed by atoms with E-state index in [0.29, 0.717) is 6.61 Å². The third-order valence-electron chi connectivity index (χ3n) is 3.55. The lowest BCUT2D eigenvalue weighted by Gasteiger charge is -2.55. The summed E-state index contributed by atoms with van der Waals surface area (Å²) in [6.07, 6.45) is 3.48. The van der Waals surface area contributed by atoms with E-state index in [1.54, 1.807) is 0 Å². The van der Waals surface area contributed by atoms with Crippen LogP contribution in [0.25, 0.3) is 0 Å². The topological polar surface area (TPSA) is 41.6 Å². The van der Waals surface area contributed by atoms with Crippen molar-refractivity contribution in [2.24, 2.45) is 0 Å². The molecule has 15 heavy (non-hydrogen) atoms. The van der Waals surface area contributed by atoms with E-state index in [9.17, 15) is 4.79 Å². The van der Waals surface area contributed by atoms with E-state index in [-0.39, 0.29) is 18.1 Å². The van der Waals surface area contributed by atoms with Crippen LogP contribution in [0.2, 0.25) is 0 Å². The predicted molar refractivity (Wildman–Crippen MR) is 57.7 cm³/mol. The first-order valence-corrected chi connectivity index (χ1v) is 5.87. The van der Waals surface area contributed by atoms with Gasteiger partial charge in [0.1, 0.15) is 6.61 Å². The molecule has 2 aliphatic heterocycles. The van der Waals surface area contributed by atoms with Gasteiger partial charge in [-0.2, -0.15) is 0 Å². The summed E-state index contributed by atoms with van der Waals surface area (Å²) in [6, 6.07) is 0. The summed E-state index contributed by atoms with van der Waals surface area (Å²) in [5, 5.41) is 3.38. The number of rotatable bonds is 3. The molecule has 1 unspecified atom stereocenters. The van der Waals surface area contributed by atoms with E-state index in [4.69, 9.17) is 4.74 Å². The number of nitrogens with one attached hydrogen (secondary N) is 1. The van der Waals surface area contributed by atoms with Crippen LogP contribution < -0.4 is 5.32 Å². The molecule has 0 aliphatic carbocycles. The van der Waals surface area contributed by atoms with Gasteiger partial charge in [0.25, 0.3) is 0 Å². The number of piperidine rings is 1. The van der Waals surface area contributed by atoms with Gasteiger partial charge >= 0.3 is 0 Å². The van der Waals surface area contributed by atoms with Gasteiger partial charge in [-0.15, -0.1) is 0 Å². The van der Waals surface area contributed by atoms with E-state index < -0.39 is 0 Å². The summed E-state index contributed by atoms with van der Waals surface area (Å²) >= 11 is 0. The first-order chi connectivity index (χ1) is 7.28. The minimum Gasteiger partial charge on any atom is -0.372 e. The second kappa shape index (κ2) is 4.49. The van der Waals surface area contributed by atoms with Gasteiger partial charge in [-0.1, -0.05) is 0 Å². The average molecular weight is 212 g/mol. The maximum atomic E-state index is 11.8. The second-order valence-corrected chi connectivity index (χ2v) is 4.44. The fraction of sp³-hybridized carbons (Fsp3) is 0.909. The van der Waals surface area contributed by atoms with Crippen molar-refractivity contribution in [1.82, 2.24) is 10.2 Å². The monoisotopic (exact) mass is 212 g/mol. The van der Waals surface area contributed by atoms with Crippen LogP contribution in [-0.2, 0) is 9.53 Å². The molecule has 1 N–H and O–H groups in total. The highest BCUT2D eigenvalue weighted by Gasteiger charge is 2.47. The van der Waals surface area contributed by atoms with E-state index in [2.05, 4.69) is 5.32 Å². The summed E-state index contributed by atoms with van der Waals surface area (Å²) in [4.78, 5) is 13.8. The highest BCUT2D eigenvalue weighted by Crippen LogP contribution is 2.36. The molecule has 2 saturated heterocycles. The summed E-state index contributed by atoms with van der Waals surface area (Å²) in [6.45, 7) is 5.75. The lowest BCUT2D eigenvalue weighted by atomic mass is 9.78. The standard InChI is InChI=1S/C11H20N2O2/c1-2-15-8-10(14)13-7-5-11(13)4-3-6-12-9-11/h12H,2-9H2,1H3. The van der Waals surface area contributed by atoms with Gasteiger partial charge in [0, 0.05) is 19.7 Å². The molecule has 2 rings (SSSR count). The van der Waals surface area contributed by atoms with Crippen molar-refractivity contribution >= 4 is 5.91 Å². The Hall–Kier alpha value is -0.610. The summed E-state index contributed by atoms with van der Waals surface area (Å²) < 4.78 is 5.17. The van der Waals surface area contributed by atoms with Crippen LogP contribution in [0.1, 0.15) is 26.2 Å². The summed E-state index contributed by atoms with van der Waals surface area (Å²) in [5.41, 5.74) is 0.131. The van der Waals surface area contributed by atoms with Gasteiger partial charge in [0.2, 0.25) is 5.91 Å². The highest BCUT2D eigenvalue weighted by molar-refractivity contribution is 5.79. The quantitative estimate of drug-likeness (QED) is 0.735. The first-order valence-electron chi connectivity index (χ1n) is 5.87. The molecular weight excluding hydrogens is 192 g/mol. The van der Waals surface area contributed by atoms with Gasteiger partial charge in [0.15, 0.2) is 0 Å². The molecule has 1 amide bonds. The maximum absolute atomic E-state index is 11.8. The highest BCUT2D eigenvalue weighted by atomic mass is 16.5. The molecule has 0 aromatic carbocycles. The van der Waals surface area contributed by atoms with E-state index in [1.807, 2.05) is 11.8 Å². The normalized spacial score (nSPS) is 30.3. The van der Waals surface area contributed by atoms with Crippen LogP contribution in [0, 0.1) is 0 Å². The first kappa shape index (κ1) is 10.9. The third-order valence-corrected chi connectivity index (χ3v) is 3.55. The van der Waals surface area contributed by atoms with Crippen LogP contribution in [0.4, 0.5) is 0 Å². The number of hydrogen-bond donors (Lipinski definition) is 1. The Labute approximate surface area is 91.0 Å². The zero-order chi connectivity index (χ0) is 10.7. The van der Waals surface area contributed by atoms with Gasteiger partial charge in [-0.05, 0) is 32.7 Å². The number of ether oxygens (including phenoxy) is 1. The summed E-state index contributed by atoms with van der Waals surface area (Å²) in [5.74, 6) is 0.159. The number of carbonyl (C=O) groups excluding carboxylic acids is 1. The minimum absolute atomic E-state index is 0.131. The van der Waals surface area contributed by atoms with Crippen molar-refractivity contribution in [3.05, 3.63) is 0 Å². The van der Waals surface area contributed by atoms with Gasteiger partial charge < -0.3 is 15.0 Å². The number of likely N-dealkylation sites (tertiary alicyclic amines) is 1. The van der Waals surface area contributed by atoms with E-state index in [1.165, 1.54) is 6.42 Å². The Bertz CT molecular complexity index is 237. The van der Waals surface area contributed by atoms with Crippen molar-refractivity contribution in [2.75, 3.05) is 32.8 Å². The van der Waals surface area contributed by atoms with Gasteiger partial charge in [-0.3, -0.25) is 4.79 Å². The summed E-state index contributed by atoms with van der Waals surface area (Å²) in [7, 11) is 0. The molecular formula is C11H20N2O2. The van der Waals surface area contributed by atoms with Crippen molar-refractivity contribution in [3.8, 4) is 0 Å². The Morgan fingerprint density at radius 3 is 2.93 bits per heavy atom. The van der Waals surface area contributed by atoms with Crippen LogP contribution in [-0.4, -0.2) is 49.2 Å². The zero-order valence-corrected chi connectivity index (χ0v) is 9.42. The van der Waals surface area contributed by atoms with Crippen molar-refractivity contribution in [2.45, 2.75) is 31.7 Å². The van der Waals surface area contributed by atoms with Gasteiger partial charge in [0.05, 0.1) is 5.54 Å². The Kier molecular flexibility index (Phi) is 3.26. The molecule has 86 valence electrons. The Morgan fingerprint density at radius 1 is 1.53 bits per heavy atom. The maximum Gasteiger partial charge on any atom is 0.249 e. The molecule has 0 aromatic rings. The van der Waals surface area contributed by atoms with Crippen molar-refractivity contribution in [3.63, 3.8) is 0 Å².